The maximum absolute atomic E-state index is 11.6. The van der Waals surface area contributed by atoms with Gasteiger partial charge in [0.1, 0.15) is 0 Å². The lowest BCUT2D eigenvalue weighted by Gasteiger charge is -2.15. The predicted molar refractivity (Wildman–Crippen MR) is 82.6 cm³/mol. The summed E-state index contributed by atoms with van der Waals surface area (Å²) in [5.41, 5.74) is 3.39. The zero-order valence-electron chi connectivity index (χ0n) is 12.8. The highest BCUT2D eigenvalue weighted by molar-refractivity contribution is 6.08. The first-order chi connectivity index (χ1) is 10.1. The number of rotatable bonds is 5. The van der Waals surface area contributed by atoms with Crippen LogP contribution in [0.25, 0.3) is 0 Å². The SMILES string of the molecule is CC1CC1N=C1c2ccnc(c2)C1CNCC(=O)N(C)C. The second-order valence-electron chi connectivity index (χ2n) is 6.24. The molecule has 0 aromatic carbocycles. The van der Waals surface area contributed by atoms with E-state index in [4.69, 9.17) is 4.99 Å². The highest BCUT2D eigenvalue weighted by Crippen LogP contribution is 2.36. The fraction of sp³-hybridized carbons (Fsp3) is 0.562. The Morgan fingerprint density at radius 2 is 2.29 bits per heavy atom. The van der Waals surface area contributed by atoms with E-state index >= 15 is 0 Å². The number of nitrogens with zero attached hydrogens (tertiary/aromatic N) is 3. The molecule has 112 valence electrons. The second kappa shape index (κ2) is 5.56. The Morgan fingerprint density at radius 3 is 2.95 bits per heavy atom. The van der Waals surface area contributed by atoms with Crippen molar-refractivity contribution < 1.29 is 4.79 Å². The average Bonchev–Trinajstić information content (AvgIpc) is 3.11. The van der Waals surface area contributed by atoms with Crippen LogP contribution in [0.15, 0.2) is 23.3 Å². The third-order valence-electron chi connectivity index (χ3n) is 4.26. The van der Waals surface area contributed by atoms with E-state index in [-0.39, 0.29) is 11.8 Å². The van der Waals surface area contributed by atoms with E-state index in [9.17, 15) is 4.79 Å². The highest BCUT2D eigenvalue weighted by atomic mass is 16.2. The van der Waals surface area contributed by atoms with Gasteiger partial charge in [0.2, 0.25) is 5.91 Å². The number of amides is 1. The van der Waals surface area contributed by atoms with Gasteiger partial charge in [-0.15, -0.1) is 0 Å². The first-order valence-electron chi connectivity index (χ1n) is 7.51. The molecule has 1 N–H and O–H groups in total. The van der Waals surface area contributed by atoms with Gasteiger partial charge in [0.15, 0.2) is 0 Å². The molecule has 0 radical (unpaired) electrons. The fourth-order valence-electron chi connectivity index (χ4n) is 2.65. The number of pyridine rings is 1. The molecule has 0 aliphatic heterocycles. The van der Waals surface area contributed by atoms with Crippen LogP contribution < -0.4 is 5.32 Å². The van der Waals surface area contributed by atoms with E-state index in [0.29, 0.717) is 25.0 Å². The Kier molecular flexibility index (Phi) is 3.76. The minimum Gasteiger partial charge on any atom is -0.348 e. The third-order valence-corrected chi connectivity index (χ3v) is 4.26. The molecule has 2 aliphatic carbocycles. The number of nitrogens with one attached hydrogen (secondary N) is 1. The monoisotopic (exact) mass is 286 g/mol. The van der Waals surface area contributed by atoms with Gasteiger partial charge in [0.25, 0.3) is 0 Å². The zero-order chi connectivity index (χ0) is 15.0. The number of likely N-dealkylation sites (N-methyl/N-ethyl adjacent to an activating group) is 1. The summed E-state index contributed by atoms with van der Waals surface area (Å²) in [5.74, 6) is 0.966. The van der Waals surface area contributed by atoms with Crippen molar-refractivity contribution in [3.05, 3.63) is 29.6 Å². The molecule has 2 aliphatic rings. The second-order valence-corrected chi connectivity index (χ2v) is 6.24. The van der Waals surface area contributed by atoms with E-state index < -0.39 is 0 Å². The third kappa shape index (κ3) is 2.97. The summed E-state index contributed by atoms with van der Waals surface area (Å²) in [6, 6.07) is 4.62. The molecule has 0 spiro atoms. The van der Waals surface area contributed by atoms with Crippen LogP contribution in [-0.4, -0.2) is 54.7 Å². The predicted octanol–water partition coefficient (Wildman–Crippen LogP) is 1.05. The van der Waals surface area contributed by atoms with Gasteiger partial charge in [-0.05, 0) is 30.0 Å². The molecular weight excluding hydrogens is 264 g/mol. The zero-order valence-corrected chi connectivity index (χ0v) is 12.8. The van der Waals surface area contributed by atoms with Crippen molar-refractivity contribution in [2.24, 2.45) is 10.9 Å². The number of fused-ring (bicyclic) bond motifs is 2. The number of aliphatic imine (C=N–C) groups is 1. The topological polar surface area (TPSA) is 57.6 Å². The van der Waals surface area contributed by atoms with Crippen LogP contribution in [0, 0.1) is 5.92 Å². The van der Waals surface area contributed by atoms with E-state index in [1.165, 1.54) is 12.0 Å². The fourth-order valence-corrected chi connectivity index (χ4v) is 2.65. The summed E-state index contributed by atoms with van der Waals surface area (Å²) < 4.78 is 0. The summed E-state index contributed by atoms with van der Waals surface area (Å²) in [4.78, 5) is 22.6. The number of carbonyl (C=O) groups excluding carboxylic acids is 1. The lowest BCUT2D eigenvalue weighted by Crippen LogP contribution is -2.35. The normalized spacial score (nSPS) is 28.0. The first kappa shape index (κ1) is 14.2. The molecule has 1 aromatic rings. The molecule has 5 heteroatoms. The van der Waals surface area contributed by atoms with E-state index in [1.807, 2.05) is 12.3 Å². The summed E-state index contributed by atoms with van der Waals surface area (Å²) in [6.45, 7) is 3.30. The van der Waals surface area contributed by atoms with Crippen LogP contribution >= 0.6 is 0 Å². The molecule has 1 amide bonds. The summed E-state index contributed by atoms with van der Waals surface area (Å²) >= 11 is 0. The Morgan fingerprint density at radius 1 is 1.52 bits per heavy atom. The van der Waals surface area contributed by atoms with Crippen molar-refractivity contribution in [3.63, 3.8) is 0 Å². The molecule has 1 aromatic heterocycles. The number of carbonyl (C=O) groups is 1. The Bertz CT molecular complexity index is 581. The molecule has 5 nitrogen and oxygen atoms in total. The lowest BCUT2D eigenvalue weighted by atomic mass is 10.0. The van der Waals surface area contributed by atoms with Crippen LogP contribution in [0.2, 0.25) is 0 Å². The minimum absolute atomic E-state index is 0.0852. The molecule has 1 saturated carbocycles. The van der Waals surface area contributed by atoms with E-state index in [0.717, 1.165) is 11.4 Å². The van der Waals surface area contributed by atoms with Gasteiger partial charge in [-0.25, -0.2) is 0 Å². The van der Waals surface area contributed by atoms with Crippen molar-refractivity contribution in [3.8, 4) is 0 Å². The van der Waals surface area contributed by atoms with E-state index in [2.05, 4.69) is 23.3 Å². The van der Waals surface area contributed by atoms with Gasteiger partial charge in [-0.3, -0.25) is 14.8 Å². The summed E-state index contributed by atoms with van der Waals surface area (Å²) in [6.07, 6.45) is 3.04. The number of hydrogen-bond acceptors (Lipinski definition) is 4. The lowest BCUT2D eigenvalue weighted by molar-refractivity contribution is -0.127. The van der Waals surface area contributed by atoms with Gasteiger partial charge in [-0.1, -0.05) is 6.92 Å². The summed E-state index contributed by atoms with van der Waals surface area (Å²) in [7, 11) is 3.54. The van der Waals surface area contributed by atoms with Gasteiger partial charge in [0, 0.05) is 26.8 Å². The van der Waals surface area contributed by atoms with Crippen molar-refractivity contribution >= 4 is 11.6 Å². The van der Waals surface area contributed by atoms with Crippen LogP contribution in [0.3, 0.4) is 0 Å². The molecule has 0 saturated heterocycles. The van der Waals surface area contributed by atoms with Gasteiger partial charge >= 0.3 is 0 Å². The number of hydrogen-bond donors (Lipinski definition) is 1. The Balaban J connectivity index is 1.67. The molecule has 2 bridgehead atoms. The van der Waals surface area contributed by atoms with Crippen molar-refractivity contribution in [2.75, 3.05) is 27.2 Å². The number of aromatic nitrogens is 1. The first-order valence-corrected chi connectivity index (χ1v) is 7.51. The van der Waals surface area contributed by atoms with Gasteiger partial charge in [-0.2, -0.15) is 0 Å². The molecule has 1 heterocycles. The molecule has 1 fully saturated rings. The van der Waals surface area contributed by atoms with Gasteiger partial charge < -0.3 is 10.2 Å². The van der Waals surface area contributed by atoms with Crippen LogP contribution in [0.5, 0.6) is 0 Å². The molecular formula is C16H22N4O. The van der Waals surface area contributed by atoms with Crippen LogP contribution in [0.4, 0.5) is 0 Å². The standard InChI is InChI=1S/C16H22N4O/c1-10-6-13(10)19-16-11-4-5-18-14(7-11)12(16)8-17-9-15(21)20(2)3/h4-5,7,10,12-13,17H,6,8-9H2,1-3H3. The largest absolute Gasteiger partial charge is 0.348 e. The maximum atomic E-state index is 11.6. The molecule has 3 rings (SSSR count). The van der Waals surface area contributed by atoms with Crippen molar-refractivity contribution in [2.45, 2.75) is 25.3 Å². The Labute approximate surface area is 125 Å². The van der Waals surface area contributed by atoms with Crippen molar-refractivity contribution in [1.29, 1.82) is 0 Å². The van der Waals surface area contributed by atoms with E-state index in [1.54, 1.807) is 19.0 Å². The smallest absolute Gasteiger partial charge is 0.236 e. The van der Waals surface area contributed by atoms with Gasteiger partial charge in [0.05, 0.1) is 29.9 Å². The minimum atomic E-state index is 0.0852. The Hall–Kier alpha value is -1.75. The summed E-state index contributed by atoms with van der Waals surface area (Å²) in [5, 5.41) is 3.24. The molecule has 3 unspecified atom stereocenters. The van der Waals surface area contributed by atoms with Crippen LogP contribution in [-0.2, 0) is 4.79 Å². The van der Waals surface area contributed by atoms with Crippen molar-refractivity contribution in [1.82, 2.24) is 15.2 Å². The highest BCUT2D eigenvalue weighted by Gasteiger charge is 2.35. The molecule has 3 atom stereocenters. The maximum Gasteiger partial charge on any atom is 0.236 e. The van der Waals surface area contributed by atoms with Crippen LogP contribution in [0.1, 0.15) is 30.5 Å². The average molecular weight is 286 g/mol. The quantitative estimate of drug-likeness (QED) is 0.880. The molecule has 21 heavy (non-hydrogen) atoms.